The molecule has 1 atom stereocenters. The lowest BCUT2D eigenvalue weighted by Gasteiger charge is -2.34. The molecule has 31 heavy (non-hydrogen) atoms. The summed E-state index contributed by atoms with van der Waals surface area (Å²) in [5.41, 5.74) is 0.438. The van der Waals surface area contributed by atoms with Crippen LogP contribution in [0.5, 0.6) is 11.5 Å². The summed E-state index contributed by atoms with van der Waals surface area (Å²) in [7, 11) is 0. The van der Waals surface area contributed by atoms with Crippen LogP contribution >= 0.6 is 23.2 Å². The van der Waals surface area contributed by atoms with E-state index in [4.69, 9.17) is 32.7 Å². The van der Waals surface area contributed by atoms with Gasteiger partial charge in [0.1, 0.15) is 12.7 Å². The molecule has 1 N–H and O–H groups in total. The first kappa shape index (κ1) is 21.7. The number of nitrogens with one attached hydrogen (secondary N) is 1. The van der Waals surface area contributed by atoms with Crippen LogP contribution in [0.4, 0.5) is 0 Å². The van der Waals surface area contributed by atoms with E-state index in [1.165, 1.54) is 0 Å². The van der Waals surface area contributed by atoms with E-state index in [2.05, 4.69) is 5.32 Å². The van der Waals surface area contributed by atoms with E-state index in [0.29, 0.717) is 60.7 Å². The average molecular weight is 464 g/mol. The van der Waals surface area contributed by atoms with Crippen molar-refractivity contribution in [1.29, 1.82) is 0 Å². The highest BCUT2D eigenvalue weighted by molar-refractivity contribution is 6.36. The Bertz CT molecular complexity index is 964. The van der Waals surface area contributed by atoms with Crippen molar-refractivity contribution in [3.63, 3.8) is 0 Å². The third kappa shape index (κ3) is 5.42. The van der Waals surface area contributed by atoms with Gasteiger partial charge in [0.2, 0.25) is 5.91 Å². The second kappa shape index (κ2) is 9.77. The molecule has 2 amide bonds. The van der Waals surface area contributed by atoms with Crippen LogP contribution in [0, 0.1) is 0 Å². The van der Waals surface area contributed by atoms with Crippen molar-refractivity contribution in [3.05, 3.63) is 58.1 Å². The molecule has 2 heterocycles. The van der Waals surface area contributed by atoms with Gasteiger partial charge in [-0.05, 0) is 30.3 Å². The van der Waals surface area contributed by atoms with E-state index in [1.807, 2.05) is 29.2 Å². The van der Waals surface area contributed by atoms with Crippen LogP contribution in [0.3, 0.4) is 0 Å². The van der Waals surface area contributed by atoms with Gasteiger partial charge in [-0.2, -0.15) is 0 Å². The van der Waals surface area contributed by atoms with Gasteiger partial charge < -0.3 is 19.7 Å². The van der Waals surface area contributed by atoms with Crippen LogP contribution in [0.25, 0.3) is 0 Å². The predicted molar refractivity (Wildman–Crippen MR) is 118 cm³/mol. The fraction of sp³-hybridized carbons (Fsp3) is 0.364. The van der Waals surface area contributed by atoms with Crippen molar-refractivity contribution in [2.24, 2.45) is 0 Å². The van der Waals surface area contributed by atoms with Gasteiger partial charge in [0.05, 0.1) is 23.7 Å². The fourth-order valence-corrected chi connectivity index (χ4v) is 4.08. The number of ether oxygens (including phenoxy) is 2. The number of carbonyl (C=O) groups excluding carboxylic acids is 2. The standard InChI is InChI=1S/C22H23Cl2N3O4/c23-15-5-6-17(18(24)11-15)22(29)27-9-7-26(8-10-27)13-21(28)25-12-16-14-30-19-3-1-2-4-20(19)31-16/h1-6,11,16H,7-10,12-14H2,(H,25,28). The molecule has 1 fully saturated rings. The number of hydrogen-bond acceptors (Lipinski definition) is 5. The number of fused-ring (bicyclic) bond motifs is 1. The summed E-state index contributed by atoms with van der Waals surface area (Å²) >= 11 is 12.1. The third-order valence-electron chi connectivity index (χ3n) is 5.28. The molecular formula is C22H23Cl2N3O4. The first-order valence-corrected chi connectivity index (χ1v) is 10.9. The van der Waals surface area contributed by atoms with E-state index in [1.54, 1.807) is 23.1 Å². The Balaban J connectivity index is 1.20. The molecule has 164 valence electrons. The van der Waals surface area contributed by atoms with Gasteiger partial charge in [-0.15, -0.1) is 0 Å². The average Bonchev–Trinajstić information content (AvgIpc) is 2.78. The number of halogens is 2. The van der Waals surface area contributed by atoms with Crippen LogP contribution in [-0.4, -0.2) is 73.6 Å². The van der Waals surface area contributed by atoms with Crippen LogP contribution < -0.4 is 14.8 Å². The smallest absolute Gasteiger partial charge is 0.255 e. The molecule has 0 saturated carbocycles. The third-order valence-corrected chi connectivity index (χ3v) is 5.83. The minimum Gasteiger partial charge on any atom is -0.486 e. The summed E-state index contributed by atoms with van der Waals surface area (Å²) < 4.78 is 11.5. The van der Waals surface area contributed by atoms with Crippen molar-refractivity contribution in [1.82, 2.24) is 15.1 Å². The fourth-order valence-electron chi connectivity index (χ4n) is 3.59. The lowest BCUT2D eigenvalue weighted by Crippen LogP contribution is -2.52. The van der Waals surface area contributed by atoms with Crippen LogP contribution in [0.15, 0.2) is 42.5 Å². The minimum absolute atomic E-state index is 0.0806. The first-order chi connectivity index (χ1) is 15.0. The maximum Gasteiger partial charge on any atom is 0.255 e. The maximum absolute atomic E-state index is 12.7. The van der Waals surface area contributed by atoms with E-state index >= 15 is 0 Å². The van der Waals surface area contributed by atoms with Crippen LogP contribution in [0.1, 0.15) is 10.4 Å². The molecule has 0 bridgehead atoms. The van der Waals surface area contributed by atoms with Crippen molar-refractivity contribution in [2.45, 2.75) is 6.10 Å². The highest BCUT2D eigenvalue weighted by Crippen LogP contribution is 2.30. The molecule has 4 rings (SSSR count). The molecule has 0 aliphatic carbocycles. The molecular weight excluding hydrogens is 441 g/mol. The van der Waals surface area contributed by atoms with Crippen LogP contribution in [0.2, 0.25) is 10.0 Å². The zero-order chi connectivity index (χ0) is 21.8. The van der Waals surface area contributed by atoms with Gasteiger partial charge in [-0.25, -0.2) is 0 Å². The highest BCUT2D eigenvalue weighted by Gasteiger charge is 2.25. The molecule has 2 aromatic carbocycles. The maximum atomic E-state index is 12.7. The summed E-state index contributed by atoms with van der Waals surface area (Å²) in [6.07, 6.45) is -0.225. The zero-order valence-corrected chi connectivity index (χ0v) is 18.4. The van der Waals surface area contributed by atoms with E-state index < -0.39 is 0 Å². The normalized spacial score (nSPS) is 18.5. The van der Waals surface area contributed by atoms with Crippen molar-refractivity contribution >= 4 is 35.0 Å². The predicted octanol–water partition coefficient (Wildman–Crippen LogP) is 2.71. The zero-order valence-electron chi connectivity index (χ0n) is 16.9. The SMILES string of the molecule is O=C(CN1CCN(C(=O)c2ccc(Cl)cc2Cl)CC1)NCC1COc2ccccc2O1. The molecule has 2 aliphatic rings. The van der Waals surface area contributed by atoms with Crippen LogP contribution in [-0.2, 0) is 4.79 Å². The quantitative estimate of drug-likeness (QED) is 0.737. The van der Waals surface area contributed by atoms with Crippen molar-refractivity contribution < 1.29 is 19.1 Å². The lowest BCUT2D eigenvalue weighted by atomic mass is 10.1. The van der Waals surface area contributed by atoms with Gasteiger partial charge in [0.25, 0.3) is 5.91 Å². The van der Waals surface area contributed by atoms with E-state index in [9.17, 15) is 9.59 Å². The van der Waals surface area contributed by atoms with Gasteiger partial charge in [0.15, 0.2) is 11.5 Å². The lowest BCUT2D eigenvalue weighted by molar-refractivity contribution is -0.123. The number of benzene rings is 2. The largest absolute Gasteiger partial charge is 0.486 e. The molecule has 2 aromatic rings. The van der Waals surface area contributed by atoms with Gasteiger partial charge in [-0.3, -0.25) is 14.5 Å². The number of piperazine rings is 1. The molecule has 1 saturated heterocycles. The Hall–Kier alpha value is -2.48. The first-order valence-electron chi connectivity index (χ1n) is 10.1. The number of nitrogens with zero attached hydrogens (tertiary/aromatic N) is 2. The van der Waals surface area contributed by atoms with Gasteiger partial charge >= 0.3 is 0 Å². The number of amides is 2. The summed E-state index contributed by atoms with van der Waals surface area (Å²) in [6.45, 7) is 3.32. The summed E-state index contributed by atoms with van der Waals surface area (Å²) in [5.74, 6) is 1.20. The molecule has 1 unspecified atom stereocenters. The Kier molecular flexibility index (Phi) is 6.85. The minimum atomic E-state index is -0.225. The number of hydrogen-bond donors (Lipinski definition) is 1. The summed E-state index contributed by atoms with van der Waals surface area (Å²) in [4.78, 5) is 28.8. The molecule has 7 nitrogen and oxygen atoms in total. The monoisotopic (exact) mass is 463 g/mol. The van der Waals surface area contributed by atoms with Crippen molar-refractivity contribution in [3.8, 4) is 11.5 Å². The number of para-hydroxylation sites is 2. The second-order valence-corrected chi connectivity index (χ2v) is 8.34. The molecule has 0 radical (unpaired) electrons. The number of carbonyl (C=O) groups is 2. The van der Waals surface area contributed by atoms with Gasteiger partial charge in [-0.1, -0.05) is 35.3 Å². The Morgan fingerprint density at radius 2 is 1.77 bits per heavy atom. The van der Waals surface area contributed by atoms with Crippen molar-refractivity contribution in [2.75, 3.05) is 45.9 Å². The Morgan fingerprint density at radius 3 is 2.52 bits per heavy atom. The Labute approximate surface area is 190 Å². The topological polar surface area (TPSA) is 71.1 Å². The molecule has 0 aromatic heterocycles. The molecule has 9 heteroatoms. The molecule has 0 spiro atoms. The summed E-state index contributed by atoms with van der Waals surface area (Å²) in [5, 5.41) is 3.74. The van der Waals surface area contributed by atoms with E-state index in [0.717, 1.165) is 5.75 Å². The molecule has 2 aliphatic heterocycles. The van der Waals surface area contributed by atoms with Gasteiger partial charge in [0, 0.05) is 31.2 Å². The number of rotatable bonds is 5. The summed E-state index contributed by atoms with van der Waals surface area (Å²) in [6, 6.07) is 12.3. The van der Waals surface area contributed by atoms with E-state index in [-0.39, 0.29) is 24.5 Å². The second-order valence-electron chi connectivity index (χ2n) is 7.49. The highest BCUT2D eigenvalue weighted by atomic mass is 35.5. The Morgan fingerprint density at radius 1 is 1.03 bits per heavy atom.